The van der Waals surface area contributed by atoms with Crippen molar-refractivity contribution in [3.63, 3.8) is 0 Å². The van der Waals surface area contributed by atoms with Crippen molar-refractivity contribution >= 4 is 43.4 Å². The molecule has 0 spiro atoms. The van der Waals surface area contributed by atoms with E-state index >= 15 is 0 Å². The number of non-ortho nitro benzene ring substituents is 1. The molecule has 0 aromatic heterocycles. The van der Waals surface area contributed by atoms with Gasteiger partial charge >= 0.3 is 0 Å². The van der Waals surface area contributed by atoms with Gasteiger partial charge in [-0.05, 0) is 30.3 Å². The lowest BCUT2D eigenvalue weighted by Gasteiger charge is -2.07. The van der Waals surface area contributed by atoms with Crippen LogP contribution in [0.2, 0.25) is 0 Å². The third-order valence-electron chi connectivity index (χ3n) is 2.49. The molecule has 0 aliphatic heterocycles. The van der Waals surface area contributed by atoms with Crippen LogP contribution in [0.15, 0.2) is 61.6 Å². The van der Waals surface area contributed by atoms with Crippen LogP contribution in [-0.2, 0) is 10.0 Å². The fourth-order valence-corrected chi connectivity index (χ4v) is 3.74. The highest BCUT2D eigenvalue weighted by Gasteiger charge is 2.19. The summed E-state index contributed by atoms with van der Waals surface area (Å²) < 4.78 is 24.1. The topological polar surface area (TPSA) is 103 Å². The zero-order valence-corrected chi connectivity index (χ0v) is 13.6. The first-order chi connectivity index (χ1) is 9.77. The third kappa shape index (κ3) is 4.03. The second-order valence-electron chi connectivity index (χ2n) is 3.99. The van der Waals surface area contributed by atoms with Gasteiger partial charge in [-0.3, -0.25) is 10.1 Å². The van der Waals surface area contributed by atoms with E-state index in [-0.39, 0.29) is 10.6 Å². The second kappa shape index (κ2) is 6.14. The third-order valence-corrected chi connectivity index (χ3v) is 5.18. The molecule has 2 N–H and O–H groups in total. The summed E-state index contributed by atoms with van der Waals surface area (Å²) in [5.41, 5.74) is -0.320. The SMILES string of the molecule is NS(=O)(=O)c1cc([N+](=O)[O-])ccc1Sc1ccc(Br)cc1. The van der Waals surface area contributed by atoms with E-state index in [0.29, 0.717) is 4.90 Å². The summed E-state index contributed by atoms with van der Waals surface area (Å²) in [7, 11) is -4.05. The molecule has 0 fully saturated rings. The highest BCUT2D eigenvalue weighted by molar-refractivity contribution is 9.10. The van der Waals surface area contributed by atoms with Crippen molar-refractivity contribution in [1.82, 2.24) is 0 Å². The van der Waals surface area contributed by atoms with Crippen molar-refractivity contribution in [2.45, 2.75) is 14.7 Å². The van der Waals surface area contributed by atoms with Crippen LogP contribution in [0.3, 0.4) is 0 Å². The maximum atomic E-state index is 11.6. The molecule has 0 saturated carbocycles. The van der Waals surface area contributed by atoms with Gasteiger partial charge in [0.05, 0.1) is 4.92 Å². The van der Waals surface area contributed by atoms with Crippen molar-refractivity contribution in [1.29, 1.82) is 0 Å². The monoisotopic (exact) mass is 388 g/mol. The average Bonchev–Trinajstić information content (AvgIpc) is 2.40. The number of hydrogen-bond acceptors (Lipinski definition) is 5. The minimum atomic E-state index is -4.05. The van der Waals surface area contributed by atoms with Gasteiger partial charge in [-0.15, -0.1) is 0 Å². The minimum absolute atomic E-state index is 0.260. The predicted octanol–water partition coefficient (Wildman–Crippen LogP) is 3.16. The molecule has 2 aromatic carbocycles. The summed E-state index contributed by atoms with van der Waals surface area (Å²) in [6.45, 7) is 0. The van der Waals surface area contributed by atoms with Gasteiger partial charge in [-0.1, -0.05) is 27.7 Å². The van der Waals surface area contributed by atoms with E-state index in [0.717, 1.165) is 15.4 Å². The van der Waals surface area contributed by atoms with E-state index in [2.05, 4.69) is 15.9 Å². The molecule has 2 aromatic rings. The lowest BCUT2D eigenvalue weighted by molar-refractivity contribution is -0.385. The molecule has 2 rings (SSSR count). The maximum absolute atomic E-state index is 11.6. The average molecular weight is 389 g/mol. The molecule has 0 atom stereocenters. The fourth-order valence-electron chi connectivity index (χ4n) is 1.55. The molecular weight excluding hydrogens is 380 g/mol. The van der Waals surface area contributed by atoms with Crippen LogP contribution < -0.4 is 5.14 Å². The number of hydrogen-bond donors (Lipinski definition) is 1. The molecule has 110 valence electrons. The quantitative estimate of drug-likeness (QED) is 0.639. The Morgan fingerprint density at radius 3 is 2.29 bits per heavy atom. The second-order valence-corrected chi connectivity index (χ2v) is 7.55. The summed E-state index contributed by atoms with van der Waals surface area (Å²) in [4.78, 5) is 10.9. The number of nitrogens with zero attached hydrogens (tertiary/aromatic N) is 1. The Hall–Kier alpha value is -1.42. The molecule has 0 radical (unpaired) electrons. The minimum Gasteiger partial charge on any atom is -0.258 e. The van der Waals surface area contributed by atoms with Gasteiger partial charge in [0.15, 0.2) is 0 Å². The van der Waals surface area contributed by atoms with Crippen molar-refractivity contribution in [2.24, 2.45) is 5.14 Å². The number of benzene rings is 2. The number of sulfonamides is 1. The number of primary sulfonamides is 1. The molecule has 21 heavy (non-hydrogen) atoms. The molecule has 0 bridgehead atoms. The lowest BCUT2D eigenvalue weighted by atomic mass is 10.3. The Kier molecular flexibility index (Phi) is 4.67. The number of rotatable bonds is 4. The summed E-state index contributed by atoms with van der Waals surface area (Å²) in [5, 5.41) is 15.9. The Morgan fingerprint density at radius 1 is 1.14 bits per heavy atom. The number of nitro benzene ring substituents is 1. The predicted molar refractivity (Wildman–Crippen MR) is 82.7 cm³/mol. The first-order valence-corrected chi connectivity index (χ1v) is 8.67. The molecule has 6 nitrogen and oxygen atoms in total. The van der Waals surface area contributed by atoms with Crippen molar-refractivity contribution in [2.75, 3.05) is 0 Å². The zero-order valence-electron chi connectivity index (χ0n) is 10.4. The van der Waals surface area contributed by atoms with Gasteiger partial charge in [0.25, 0.3) is 5.69 Å². The molecule has 9 heteroatoms. The van der Waals surface area contributed by atoms with Crippen LogP contribution in [0.1, 0.15) is 0 Å². The van der Waals surface area contributed by atoms with Gasteiger partial charge in [0.2, 0.25) is 10.0 Å². The van der Waals surface area contributed by atoms with Crippen LogP contribution >= 0.6 is 27.7 Å². The van der Waals surface area contributed by atoms with Crippen molar-refractivity contribution in [3.05, 3.63) is 57.1 Å². The van der Waals surface area contributed by atoms with Crippen LogP contribution in [0.4, 0.5) is 5.69 Å². The molecule has 0 aliphatic carbocycles. The van der Waals surface area contributed by atoms with E-state index in [1.807, 2.05) is 12.1 Å². The summed E-state index contributed by atoms with van der Waals surface area (Å²) in [6.07, 6.45) is 0. The smallest absolute Gasteiger partial charge is 0.258 e. The number of nitrogens with two attached hydrogens (primary N) is 1. The summed E-state index contributed by atoms with van der Waals surface area (Å²) in [6, 6.07) is 10.8. The highest BCUT2D eigenvalue weighted by Crippen LogP contribution is 2.34. The van der Waals surface area contributed by atoms with Crippen LogP contribution in [0, 0.1) is 10.1 Å². The van der Waals surface area contributed by atoms with Gasteiger partial charge in [0.1, 0.15) is 4.90 Å². The summed E-state index contributed by atoms with van der Waals surface area (Å²) in [5.74, 6) is 0. The van der Waals surface area contributed by atoms with E-state index in [4.69, 9.17) is 5.14 Å². The fraction of sp³-hybridized carbons (Fsp3) is 0. The number of nitro groups is 1. The molecule has 0 heterocycles. The zero-order chi connectivity index (χ0) is 15.6. The maximum Gasteiger partial charge on any atom is 0.270 e. The largest absolute Gasteiger partial charge is 0.270 e. The highest BCUT2D eigenvalue weighted by atomic mass is 79.9. The first kappa shape index (κ1) is 16.0. The number of halogens is 1. The molecule has 0 aliphatic rings. The first-order valence-electron chi connectivity index (χ1n) is 5.52. The lowest BCUT2D eigenvalue weighted by Crippen LogP contribution is -2.13. The summed E-state index contributed by atoms with van der Waals surface area (Å²) >= 11 is 4.47. The molecule has 0 amide bonds. The van der Waals surface area contributed by atoms with E-state index in [1.165, 1.54) is 23.9 Å². The Morgan fingerprint density at radius 2 is 1.76 bits per heavy atom. The van der Waals surface area contributed by atoms with Crippen LogP contribution in [0.5, 0.6) is 0 Å². The van der Waals surface area contributed by atoms with Gasteiger partial charge in [-0.25, -0.2) is 13.6 Å². The van der Waals surface area contributed by atoms with Gasteiger partial charge in [0, 0.05) is 26.4 Å². The Bertz CT molecular complexity index is 791. The van der Waals surface area contributed by atoms with Crippen LogP contribution in [-0.4, -0.2) is 13.3 Å². The van der Waals surface area contributed by atoms with E-state index in [9.17, 15) is 18.5 Å². The normalized spacial score (nSPS) is 11.3. The van der Waals surface area contributed by atoms with E-state index < -0.39 is 14.9 Å². The van der Waals surface area contributed by atoms with Gasteiger partial charge < -0.3 is 0 Å². The van der Waals surface area contributed by atoms with Crippen molar-refractivity contribution < 1.29 is 13.3 Å². The van der Waals surface area contributed by atoms with E-state index in [1.54, 1.807) is 12.1 Å². The standard InChI is InChI=1S/C12H9BrN2O4S2/c13-8-1-4-10(5-2-8)20-11-6-3-9(15(16)17)7-12(11)21(14,18)19/h1-7H,(H2,14,18,19). The Labute approximate surface area is 133 Å². The molecule has 0 unspecified atom stereocenters. The molecule has 0 saturated heterocycles. The molecular formula is C12H9BrN2O4S2. The van der Waals surface area contributed by atoms with Crippen LogP contribution in [0.25, 0.3) is 0 Å². The Balaban J connectivity index is 2.48. The van der Waals surface area contributed by atoms with Crippen molar-refractivity contribution in [3.8, 4) is 0 Å². The van der Waals surface area contributed by atoms with Gasteiger partial charge in [-0.2, -0.15) is 0 Å².